The van der Waals surface area contributed by atoms with Crippen LogP contribution >= 0.6 is 7.82 Å². The molecular formula is C50H83NO9P+. The van der Waals surface area contributed by atoms with Crippen molar-refractivity contribution in [3.8, 4) is 0 Å². The lowest BCUT2D eigenvalue weighted by Gasteiger charge is -2.24. The SMILES string of the molecule is CC/C=C\C/C=C\C/C=C\C/C=C\C/C=C\CCCCCC(=O)O[C@H](COC(=O)CCC/C=C\C/C=C\C/C=C\C=C\[C@H](O)CCCCC)COP(=O)(O)OCC[N+](C)(C)C. The van der Waals surface area contributed by atoms with Crippen molar-refractivity contribution in [1.29, 1.82) is 0 Å². The number of esters is 2. The van der Waals surface area contributed by atoms with E-state index in [0.717, 1.165) is 89.9 Å². The highest BCUT2D eigenvalue weighted by Gasteiger charge is 2.27. The molecule has 0 aromatic heterocycles. The van der Waals surface area contributed by atoms with Crippen molar-refractivity contribution in [1.82, 2.24) is 0 Å². The minimum Gasteiger partial charge on any atom is -0.462 e. The van der Waals surface area contributed by atoms with Crippen LogP contribution in [0.4, 0.5) is 0 Å². The summed E-state index contributed by atoms with van der Waals surface area (Å²) in [5, 5.41) is 9.91. The van der Waals surface area contributed by atoms with Gasteiger partial charge >= 0.3 is 19.8 Å². The summed E-state index contributed by atoms with van der Waals surface area (Å²) in [6.07, 6.45) is 51.8. The molecule has 346 valence electrons. The van der Waals surface area contributed by atoms with Crippen LogP contribution in [0.2, 0.25) is 0 Å². The normalized spacial score (nSPS) is 15.1. The first kappa shape index (κ1) is 57.6. The number of quaternary nitrogens is 1. The molecule has 0 rings (SSSR count). The third-order valence-corrected chi connectivity index (χ3v) is 9.88. The number of carbonyl (C=O) groups is 2. The molecule has 1 unspecified atom stereocenters. The molecule has 10 nitrogen and oxygen atoms in total. The van der Waals surface area contributed by atoms with Gasteiger partial charge in [-0.05, 0) is 83.5 Å². The number of phosphoric acid groups is 1. The van der Waals surface area contributed by atoms with Gasteiger partial charge < -0.3 is 24.0 Å². The Hall–Kier alpha value is -3.37. The van der Waals surface area contributed by atoms with Gasteiger partial charge in [0.1, 0.15) is 19.8 Å². The predicted molar refractivity (Wildman–Crippen MR) is 253 cm³/mol. The summed E-state index contributed by atoms with van der Waals surface area (Å²) < 4.78 is 34.2. The second-order valence-electron chi connectivity index (χ2n) is 15.9. The first-order valence-electron chi connectivity index (χ1n) is 22.7. The van der Waals surface area contributed by atoms with Crippen molar-refractivity contribution in [2.75, 3.05) is 47.5 Å². The number of likely N-dealkylation sites (N-methyl/N-ethyl adjacent to an activating group) is 1. The van der Waals surface area contributed by atoms with Crippen molar-refractivity contribution >= 4 is 19.8 Å². The molecule has 0 aromatic carbocycles. The summed E-state index contributed by atoms with van der Waals surface area (Å²) in [7, 11) is 1.38. The minimum atomic E-state index is -4.42. The molecule has 0 bridgehead atoms. The maximum atomic E-state index is 12.7. The average Bonchev–Trinajstić information content (AvgIpc) is 3.21. The van der Waals surface area contributed by atoms with Crippen molar-refractivity contribution in [2.45, 2.75) is 148 Å². The number of ether oxygens (including phenoxy) is 2. The van der Waals surface area contributed by atoms with Gasteiger partial charge in [-0.25, -0.2) is 4.57 Å². The Bertz CT molecular complexity index is 1420. The lowest BCUT2D eigenvalue weighted by Crippen LogP contribution is -2.37. The number of carbonyl (C=O) groups excluding carboxylic acids is 2. The van der Waals surface area contributed by atoms with E-state index in [-0.39, 0.29) is 32.2 Å². The van der Waals surface area contributed by atoms with Crippen LogP contribution < -0.4 is 0 Å². The lowest BCUT2D eigenvalue weighted by molar-refractivity contribution is -0.870. The fourth-order valence-corrected chi connectivity index (χ4v) is 6.06. The Labute approximate surface area is 370 Å². The lowest BCUT2D eigenvalue weighted by atomic mass is 10.1. The maximum absolute atomic E-state index is 12.7. The molecule has 3 atom stereocenters. The molecule has 0 amide bonds. The van der Waals surface area contributed by atoms with Crippen LogP contribution in [0.25, 0.3) is 0 Å². The minimum absolute atomic E-state index is 0.00202. The zero-order valence-corrected chi connectivity index (χ0v) is 39.4. The van der Waals surface area contributed by atoms with Crippen molar-refractivity contribution in [2.24, 2.45) is 0 Å². The van der Waals surface area contributed by atoms with Gasteiger partial charge in [-0.3, -0.25) is 18.6 Å². The van der Waals surface area contributed by atoms with Gasteiger partial charge in [-0.15, -0.1) is 0 Å². The second kappa shape index (κ2) is 40.7. The van der Waals surface area contributed by atoms with E-state index >= 15 is 0 Å². The highest BCUT2D eigenvalue weighted by Crippen LogP contribution is 2.43. The topological polar surface area (TPSA) is 129 Å². The molecule has 0 radical (unpaired) electrons. The molecule has 0 spiro atoms. The summed E-state index contributed by atoms with van der Waals surface area (Å²) in [6.45, 7) is 4.03. The van der Waals surface area contributed by atoms with E-state index in [4.69, 9.17) is 18.5 Å². The first-order valence-corrected chi connectivity index (χ1v) is 24.2. The predicted octanol–water partition coefficient (Wildman–Crippen LogP) is 12.1. The zero-order valence-electron chi connectivity index (χ0n) is 38.5. The zero-order chi connectivity index (χ0) is 45.1. The molecule has 0 fully saturated rings. The summed E-state index contributed by atoms with van der Waals surface area (Å²) >= 11 is 0. The number of allylic oxidation sites excluding steroid dienone is 17. The summed E-state index contributed by atoms with van der Waals surface area (Å²) in [5.41, 5.74) is 0. The van der Waals surface area contributed by atoms with Crippen LogP contribution in [0.1, 0.15) is 136 Å². The van der Waals surface area contributed by atoms with Crippen molar-refractivity contribution in [3.63, 3.8) is 0 Å². The Morgan fingerprint density at radius 1 is 0.607 bits per heavy atom. The van der Waals surface area contributed by atoms with E-state index in [9.17, 15) is 24.2 Å². The summed E-state index contributed by atoms with van der Waals surface area (Å²) in [6, 6.07) is 0. The van der Waals surface area contributed by atoms with Crippen LogP contribution in [0.15, 0.2) is 109 Å². The van der Waals surface area contributed by atoms with Crippen molar-refractivity contribution < 1.29 is 47.2 Å². The number of hydrogen-bond acceptors (Lipinski definition) is 8. The molecular weight excluding hydrogens is 790 g/mol. The summed E-state index contributed by atoms with van der Waals surface area (Å²) in [5.74, 6) is -0.941. The number of aliphatic hydroxyl groups excluding tert-OH is 1. The van der Waals surface area contributed by atoms with Gasteiger partial charge in [0.05, 0.1) is 33.9 Å². The molecule has 0 saturated heterocycles. The van der Waals surface area contributed by atoms with E-state index in [1.165, 1.54) is 0 Å². The Balaban J connectivity index is 4.57. The van der Waals surface area contributed by atoms with Gasteiger partial charge in [0, 0.05) is 12.8 Å². The molecule has 0 aliphatic rings. The fraction of sp³-hybridized carbons (Fsp3) is 0.600. The van der Waals surface area contributed by atoms with Gasteiger partial charge in [0.25, 0.3) is 0 Å². The van der Waals surface area contributed by atoms with E-state index in [1.54, 1.807) is 0 Å². The van der Waals surface area contributed by atoms with Crippen LogP contribution in [-0.2, 0) is 32.7 Å². The number of unbranched alkanes of at least 4 members (excludes halogenated alkanes) is 6. The van der Waals surface area contributed by atoms with Gasteiger partial charge in [0.15, 0.2) is 6.10 Å². The smallest absolute Gasteiger partial charge is 0.462 e. The van der Waals surface area contributed by atoms with E-state index < -0.39 is 32.5 Å². The van der Waals surface area contributed by atoms with Gasteiger partial charge in [-0.2, -0.15) is 0 Å². The monoisotopic (exact) mass is 873 g/mol. The second-order valence-corrected chi connectivity index (χ2v) is 17.3. The van der Waals surface area contributed by atoms with Crippen LogP contribution in [-0.4, -0.2) is 86.1 Å². The fourth-order valence-electron chi connectivity index (χ4n) is 5.32. The molecule has 0 aromatic rings. The standard InChI is InChI=1S/C50H82NO9P/c1-6-8-10-11-12-13-14-15-16-17-18-19-20-21-24-28-31-34-38-42-50(54)60-48(46-59-61(55,56)58-44-43-51(3,4)5)45-57-49(53)41-37-33-30-27-25-22-23-26-29-32-36-40-47(52)39-35-9-7-2/h8,10,12-13,15-16,18-19,21-24,27,29-30,32,36,40,47-48,52H,6-7,9,11,14,17,20,25-26,28,31,33-35,37-39,41-46H2,1-5H3/p+1/b10-8-,13-12-,16-15-,19-18-,23-22-,24-21-,30-27-,32-29-,40-36+/t47-,48-/m1/s1. The highest BCUT2D eigenvalue weighted by molar-refractivity contribution is 7.47. The molecule has 0 saturated carbocycles. The van der Waals surface area contributed by atoms with Crippen molar-refractivity contribution in [3.05, 3.63) is 109 Å². The Morgan fingerprint density at radius 2 is 1.15 bits per heavy atom. The average molecular weight is 873 g/mol. The Morgan fingerprint density at radius 3 is 1.72 bits per heavy atom. The van der Waals surface area contributed by atoms with E-state index in [2.05, 4.69) is 86.8 Å². The van der Waals surface area contributed by atoms with Crippen LogP contribution in [0.3, 0.4) is 0 Å². The van der Waals surface area contributed by atoms with Crippen LogP contribution in [0, 0.1) is 0 Å². The number of nitrogens with zero attached hydrogens (tertiary/aromatic N) is 1. The highest BCUT2D eigenvalue weighted by atomic mass is 31.2. The third-order valence-electron chi connectivity index (χ3n) is 8.89. The van der Waals surface area contributed by atoms with Gasteiger partial charge in [0.2, 0.25) is 0 Å². The molecule has 0 heterocycles. The molecule has 2 N–H and O–H groups in total. The maximum Gasteiger partial charge on any atom is 0.472 e. The third kappa shape index (κ3) is 44.5. The number of rotatable bonds is 39. The van der Waals surface area contributed by atoms with Crippen LogP contribution in [0.5, 0.6) is 0 Å². The largest absolute Gasteiger partial charge is 0.472 e. The summed E-state index contributed by atoms with van der Waals surface area (Å²) in [4.78, 5) is 35.4. The number of hydrogen-bond donors (Lipinski definition) is 2. The first-order chi connectivity index (χ1) is 29.4. The molecule has 0 aliphatic heterocycles. The number of aliphatic hydroxyl groups is 1. The van der Waals surface area contributed by atoms with Gasteiger partial charge in [-0.1, -0.05) is 149 Å². The van der Waals surface area contributed by atoms with E-state index in [0.29, 0.717) is 30.3 Å². The number of phosphoric ester groups is 1. The quantitative estimate of drug-likeness (QED) is 0.0155. The molecule has 11 heteroatoms. The Kier molecular flexibility index (Phi) is 38.4. The van der Waals surface area contributed by atoms with E-state index in [1.807, 2.05) is 57.6 Å². The molecule has 0 aliphatic carbocycles. The molecule has 61 heavy (non-hydrogen) atoms.